The van der Waals surface area contributed by atoms with E-state index in [4.69, 9.17) is 9.47 Å². The monoisotopic (exact) mass is 343 g/mol. The molecular formula is C19H25N3O3. The molecule has 0 unspecified atom stereocenters. The maximum absolute atomic E-state index is 12.2. The van der Waals surface area contributed by atoms with Gasteiger partial charge in [0, 0.05) is 19.7 Å². The van der Waals surface area contributed by atoms with Gasteiger partial charge in [-0.2, -0.15) is 0 Å². The summed E-state index contributed by atoms with van der Waals surface area (Å²) in [6.45, 7) is 3.26. The molecule has 2 saturated heterocycles. The minimum Gasteiger partial charge on any atom is -0.376 e. The Bertz CT molecular complexity index is 762. The van der Waals surface area contributed by atoms with E-state index in [0.29, 0.717) is 17.9 Å². The molecule has 3 heterocycles. The van der Waals surface area contributed by atoms with Crippen molar-refractivity contribution in [3.05, 3.63) is 34.6 Å². The van der Waals surface area contributed by atoms with Crippen LogP contribution in [0.1, 0.15) is 32.1 Å². The second kappa shape index (κ2) is 7.54. The lowest BCUT2D eigenvalue weighted by Gasteiger charge is -2.33. The lowest BCUT2D eigenvalue weighted by atomic mass is 10.1. The molecule has 6 nitrogen and oxygen atoms in total. The maximum Gasteiger partial charge on any atom is 0.260 e. The first-order valence-corrected chi connectivity index (χ1v) is 9.27. The molecule has 25 heavy (non-hydrogen) atoms. The van der Waals surface area contributed by atoms with Crippen molar-refractivity contribution in [3.8, 4) is 0 Å². The number of aromatic amines is 1. The van der Waals surface area contributed by atoms with E-state index < -0.39 is 0 Å². The molecule has 1 aromatic carbocycles. The van der Waals surface area contributed by atoms with Crippen LogP contribution in [0.15, 0.2) is 29.1 Å². The summed E-state index contributed by atoms with van der Waals surface area (Å²) in [6, 6.07) is 7.45. The van der Waals surface area contributed by atoms with Gasteiger partial charge in [-0.15, -0.1) is 0 Å². The summed E-state index contributed by atoms with van der Waals surface area (Å²) < 4.78 is 11.8. The topological polar surface area (TPSA) is 67.5 Å². The molecular weight excluding hydrogens is 318 g/mol. The van der Waals surface area contributed by atoms with Gasteiger partial charge >= 0.3 is 0 Å². The average Bonchev–Trinajstić information content (AvgIpc) is 2.68. The fourth-order valence-corrected chi connectivity index (χ4v) is 3.64. The minimum atomic E-state index is -0.0755. The van der Waals surface area contributed by atoms with Gasteiger partial charge < -0.3 is 14.4 Å². The Morgan fingerprint density at radius 2 is 2.04 bits per heavy atom. The van der Waals surface area contributed by atoms with Gasteiger partial charge in [-0.05, 0) is 44.2 Å². The van der Waals surface area contributed by atoms with Crippen molar-refractivity contribution in [2.75, 3.05) is 31.2 Å². The zero-order valence-electron chi connectivity index (χ0n) is 14.4. The van der Waals surface area contributed by atoms with Crippen molar-refractivity contribution in [2.24, 2.45) is 0 Å². The molecule has 0 spiro atoms. The summed E-state index contributed by atoms with van der Waals surface area (Å²) in [5.74, 6) is 0.665. The first kappa shape index (κ1) is 16.5. The Balaban J connectivity index is 1.34. The highest BCUT2D eigenvalue weighted by atomic mass is 16.5. The van der Waals surface area contributed by atoms with Gasteiger partial charge in [0.05, 0.1) is 29.7 Å². The van der Waals surface area contributed by atoms with Crippen LogP contribution < -0.4 is 10.5 Å². The molecule has 6 heteroatoms. The Hall–Kier alpha value is -1.92. The first-order valence-electron chi connectivity index (χ1n) is 9.27. The fraction of sp³-hybridized carbons (Fsp3) is 0.579. The third kappa shape index (κ3) is 3.85. The summed E-state index contributed by atoms with van der Waals surface area (Å²) in [4.78, 5) is 21.9. The van der Waals surface area contributed by atoms with E-state index in [-0.39, 0.29) is 17.8 Å². The number of hydrogen-bond donors (Lipinski definition) is 1. The number of nitrogens with zero attached hydrogens (tertiary/aromatic N) is 2. The zero-order valence-corrected chi connectivity index (χ0v) is 14.4. The van der Waals surface area contributed by atoms with Gasteiger partial charge in [-0.1, -0.05) is 12.1 Å². The minimum absolute atomic E-state index is 0.0755. The second-order valence-electron chi connectivity index (χ2n) is 6.92. The Morgan fingerprint density at radius 1 is 1.20 bits per heavy atom. The number of benzene rings is 1. The molecule has 2 aromatic rings. The van der Waals surface area contributed by atoms with E-state index in [9.17, 15) is 4.79 Å². The number of hydrogen-bond acceptors (Lipinski definition) is 5. The number of H-pyrrole nitrogens is 1. The number of fused-ring (bicyclic) bond motifs is 1. The van der Waals surface area contributed by atoms with Gasteiger partial charge in [0.2, 0.25) is 5.95 Å². The van der Waals surface area contributed by atoms with Crippen molar-refractivity contribution in [1.82, 2.24) is 9.97 Å². The summed E-state index contributed by atoms with van der Waals surface area (Å²) in [6.07, 6.45) is 5.96. The lowest BCUT2D eigenvalue weighted by molar-refractivity contribution is -0.0672. The summed E-state index contributed by atoms with van der Waals surface area (Å²) >= 11 is 0. The molecule has 0 bridgehead atoms. The standard InChI is InChI=1S/C19H25N3O3/c23-18-16-6-1-2-7-17(16)20-19(21-18)22-10-8-14(9-11-22)25-13-15-5-3-4-12-24-15/h1-2,6-7,14-15H,3-5,8-13H2,(H,20,21,23)/t15-/m0/s1. The third-order valence-corrected chi connectivity index (χ3v) is 5.13. The molecule has 0 aliphatic carbocycles. The van der Waals surface area contributed by atoms with Gasteiger partial charge in [0.25, 0.3) is 5.56 Å². The van der Waals surface area contributed by atoms with Crippen molar-refractivity contribution in [3.63, 3.8) is 0 Å². The number of ether oxygens (including phenoxy) is 2. The van der Waals surface area contributed by atoms with E-state index in [0.717, 1.165) is 44.5 Å². The second-order valence-corrected chi connectivity index (χ2v) is 6.92. The maximum atomic E-state index is 12.2. The molecule has 134 valence electrons. The number of nitrogens with one attached hydrogen (secondary N) is 1. The average molecular weight is 343 g/mol. The predicted molar refractivity (Wildman–Crippen MR) is 97.1 cm³/mol. The van der Waals surface area contributed by atoms with Crippen molar-refractivity contribution < 1.29 is 9.47 Å². The Morgan fingerprint density at radius 3 is 2.84 bits per heavy atom. The summed E-state index contributed by atoms with van der Waals surface area (Å²) in [5.41, 5.74) is 0.669. The summed E-state index contributed by atoms with van der Waals surface area (Å²) in [5, 5.41) is 0.636. The normalized spacial score (nSPS) is 22.4. The lowest BCUT2D eigenvalue weighted by Crippen LogP contribution is -2.39. The van der Waals surface area contributed by atoms with Crippen molar-refractivity contribution in [2.45, 2.75) is 44.3 Å². The zero-order chi connectivity index (χ0) is 17.1. The van der Waals surface area contributed by atoms with Crippen LogP contribution in [0, 0.1) is 0 Å². The first-order chi connectivity index (χ1) is 12.3. The fourth-order valence-electron chi connectivity index (χ4n) is 3.64. The van der Waals surface area contributed by atoms with Crippen LogP contribution in [0.4, 0.5) is 5.95 Å². The number of rotatable bonds is 4. The van der Waals surface area contributed by atoms with Crippen LogP contribution in [0.25, 0.3) is 10.9 Å². The van der Waals surface area contributed by atoms with Crippen LogP contribution in [-0.4, -0.2) is 48.5 Å². The van der Waals surface area contributed by atoms with Crippen LogP contribution in [0.5, 0.6) is 0 Å². The van der Waals surface area contributed by atoms with Crippen LogP contribution >= 0.6 is 0 Å². The number of aromatic nitrogens is 2. The molecule has 0 saturated carbocycles. The van der Waals surface area contributed by atoms with E-state index in [1.807, 2.05) is 18.2 Å². The molecule has 1 N–H and O–H groups in total. The highest BCUT2D eigenvalue weighted by Gasteiger charge is 2.23. The van der Waals surface area contributed by atoms with E-state index in [2.05, 4.69) is 14.9 Å². The quantitative estimate of drug-likeness (QED) is 0.924. The molecule has 1 aromatic heterocycles. The predicted octanol–water partition coefficient (Wildman–Crippen LogP) is 2.48. The molecule has 2 fully saturated rings. The van der Waals surface area contributed by atoms with E-state index in [1.54, 1.807) is 6.07 Å². The molecule has 1 atom stereocenters. The Kier molecular flexibility index (Phi) is 4.99. The van der Waals surface area contributed by atoms with Gasteiger partial charge in [0.15, 0.2) is 0 Å². The van der Waals surface area contributed by atoms with Crippen molar-refractivity contribution in [1.29, 1.82) is 0 Å². The van der Waals surface area contributed by atoms with E-state index >= 15 is 0 Å². The third-order valence-electron chi connectivity index (χ3n) is 5.13. The largest absolute Gasteiger partial charge is 0.376 e. The van der Waals surface area contributed by atoms with Crippen LogP contribution in [0.2, 0.25) is 0 Å². The van der Waals surface area contributed by atoms with Gasteiger partial charge in [0.1, 0.15) is 0 Å². The number of para-hydroxylation sites is 1. The summed E-state index contributed by atoms with van der Waals surface area (Å²) in [7, 11) is 0. The van der Waals surface area contributed by atoms with E-state index in [1.165, 1.54) is 12.8 Å². The molecule has 0 radical (unpaired) electrons. The van der Waals surface area contributed by atoms with Crippen LogP contribution in [0.3, 0.4) is 0 Å². The molecule has 4 rings (SSSR count). The number of anilines is 1. The molecule has 2 aliphatic rings. The Labute approximate surface area is 147 Å². The van der Waals surface area contributed by atoms with Gasteiger partial charge in [-0.25, -0.2) is 4.98 Å². The van der Waals surface area contributed by atoms with Gasteiger partial charge in [-0.3, -0.25) is 9.78 Å². The smallest absolute Gasteiger partial charge is 0.260 e. The molecule has 2 aliphatic heterocycles. The van der Waals surface area contributed by atoms with Crippen molar-refractivity contribution >= 4 is 16.9 Å². The SMILES string of the molecule is O=c1[nH]c(N2CCC(OC[C@@H]3CCCCO3)CC2)nc2ccccc12. The highest BCUT2D eigenvalue weighted by Crippen LogP contribution is 2.20. The highest BCUT2D eigenvalue weighted by molar-refractivity contribution is 5.78. The number of piperidine rings is 1. The molecule has 0 amide bonds. The van der Waals surface area contributed by atoms with Crippen LogP contribution in [-0.2, 0) is 9.47 Å².